The quantitative estimate of drug-likeness (QED) is 0.166. The molecule has 0 aliphatic heterocycles. The number of nitrogens with zero attached hydrogens (tertiary/aromatic N) is 4. The van der Waals surface area contributed by atoms with E-state index >= 15 is 0 Å². The highest BCUT2D eigenvalue weighted by molar-refractivity contribution is 14.0. The van der Waals surface area contributed by atoms with Gasteiger partial charge in [-0.05, 0) is 25.5 Å². The maximum atomic E-state index is 5.11. The van der Waals surface area contributed by atoms with Gasteiger partial charge in [-0.25, -0.2) is 4.99 Å². The van der Waals surface area contributed by atoms with Crippen LogP contribution < -0.4 is 10.6 Å². The second-order valence-electron chi connectivity index (χ2n) is 6.28. The van der Waals surface area contributed by atoms with E-state index in [1.807, 2.05) is 36.4 Å². The van der Waals surface area contributed by atoms with Crippen LogP contribution in [0.1, 0.15) is 25.0 Å². The normalized spacial score (nSPS) is 12.4. The molecule has 9 heteroatoms. The Kier molecular flexibility index (Phi) is 12.2. The average Bonchev–Trinajstić information content (AvgIpc) is 2.99. The Morgan fingerprint density at radius 1 is 1.25 bits per heavy atom. The van der Waals surface area contributed by atoms with Gasteiger partial charge in [-0.3, -0.25) is 0 Å². The van der Waals surface area contributed by atoms with Crippen LogP contribution in [0.3, 0.4) is 0 Å². The first-order valence-electron chi connectivity index (χ1n) is 9.18. The SMILES string of the molecule is COCCCNC(=NCc1nnc(C)n1C)NCC(C)Sc1ccccc1.I. The highest BCUT2D eigenvalue weighted by Crippen LogP contribution is 2.21. The molecule has 1 heterocycles. The van der Waals surface area contributed by atoms with Crippen LogP contribution >= 0.6 is 35.7 Å². The Labute approximate surface area is 189 Å². The molecule has 0 radical (unpaired) electrons. The van der Waals surface area contributed by atoms with Gasteiger partial charge in [0.1, 0.15) is 12.4 Å². The van der Waals surface area contributed by atoms with Gasteiger partial charge in [0, 0.05) is 44.0 Å². The Bertz CT molecular complexity index is 710. The maximum absolute atomic E-state index is 5.11. The number of guanidine groups is 1. The summed E-state index contributed by atoms with van der Waals surface area (Å²) < 4.78 is 7.07. The van der Waals surface area contributed by atoms with Crippen molar-refractivity contribution in [1.82, 2.24) is 25.4 Å². The Morgan fingerprint density at radius 3 is 2.64 bits per heavy atom. The van der Waals surface area contributed by atoms with Crippen LogP contribution in [0.2, 0.25) is 0 Å². The number of aliphatic imine (C=N–C) groups is 1. The molecule has 28 heavy (non-hydrogen) atoms. The van der Waals surface area contributed by atoms with Gasteiger partial charge in [-0.2, -0.15) is 0 Å². The molecule has 2 N–H and O–H groups in total. The summed E-state index contributed by atoms with van der Waals surface area (Å²) in [7, 11) is 3.67. The highest BCUT2D eigenvalue weighted by atomic mass is 127. The fraction of sp³-hybridized carbons (Fsp3) is 0.526. The van der Waals surface area contributed by atoms with Crippen molar-refractivity contribution >= 4 is 41.7 Å². The molecule has 1 aromatic heterocycles. The van der Waals surface area contributed by atoms with Crippen LogP contribution in [-0.4, -0.2) is 52.8 Å². The number of aryl methyl sites for hydroxylation is 1. The smallest absolute Gasteiger partial charge is 0.191 e. The van der Waals surface area contributed by atoms with Crippen molar-refractivity contribution in [2.45, 2.75) is 37.0 Å². The number of nitrogens with one attached hydrogen (secondary N) is 2. The zero-order valence-electron chi connectivity index (χ0n) is 17.0. The lowest BCUT2D eigenvalue weighted by molar-refractivity contribution is 0.195. The van der Waals surface area contributed by atoms with Crippen LogP contribution in [0.5, 0.6) is 0 Å². The lowest BCUT2D eigenvalue weighted by atomic mass is 10.4. The van der Waals surface area contributed by atoms with E-state index < -0.39 is 0 Å². The van der Waals surface area contributed by atoms with E-state index in [0.717, 1.165) is 43.7 Å². The van der Waals surface area contributed by atoms with Gasteiger partial charge in [0.25, 0.3) is 0 Å². The van der Waals surface area contributed by atoms with E-state index in [2.05, 4.69) is 57.0 Å². The predicted octanol–water partition coefficient (Wildman–Crippen LogP) is 2.99. The zero-order chi connectivity index (χ0) is 19.5. The van der Waals surface area contributed by atoms with Crippen molar-refractivity contribution < 1.29 is 4.74 Å². The number of ether oxygens (including phenoxy) is 1. The number of benzene rings is 1. The molecule has 7 nitrogen and oxygen atoms in total. The third-order valence-corrected chi connectivity index (χ3v) is 5.13. The first-order chi connectivity index (χ1) is 13.1. The molecule has 1 aromatic carbocycles. The monoisotopic (exact) mass is 518 g/mol. The first-order valence-corrected chi connectivity index (χ1v) is 10.1. The van der Waals surface area contributed by atoms with Gasteiger partial charge in [0.15, 0.2) is 11.8 Å². The fourth-order valence-electron chi connectivity index (χ4n) is 2.35. The van der Waals surface area contributed by atoms with Gasteiger partial charge in [0.05, 0.1) is 0 Å². The fourth-order valence-corrected chi connectivity index (χ4v) is 3.30. The summed E-state index contributed by atoms with van der Waals surface area (Å²) in [4.78, 5) is 5.94. The number of methoxy groups -OCH3 is 1. The topological polar surface area (TPSA) is 76.4 Å². The summed E-state index contributed by atoms with van der Waals surface area (Å²) in [5, 5.41) is 15.5. The van der Waals surface area contributed by atoms with E-state index in [-0.39, 0.29) is 24.0 Å². The molecule has 0 spiro atoms. The Hall–Kier alpha value is -1.33. The number of halogens is 1. The van der Waals surface area contributed by atoms with Crippen molar-refractivity contribution in [3.8, 4) is 0 Å². The molecule has 0 amide bonds. The number of aromatic nitrogens is 3. The first kappa shape index (κ1) is 24.7. The molecule has 2 aromatic rings. The van der Waals surface area contributed by atoms with Gasteiger partial charge < -0.3 is 19.9 Å². The van der Waals surface area contributed by atoms with Crippen molar-refractivity contribution in [3.05, 3.63) is 42.0 Å². The van der Waals surface area contributed by atoms with Crippen molar-refractivity contribution in [1.29, 1.82) is 0 Å². The molecule has 1 unspecified atom stereocenters. The molecule has 0 aliphatic carbocycles. The van der Waals surface area contributed by atoms with Crippen LogP contribution in [-0.2, 0) is 18.3 Å². The third-order valence-electron chi connectivity index (χ3n) is 4.02. The Balaban J connectivity index is 0.00000392. The standard InChI is InChI=1S/C19H30N6OS.HI/c1-15(27-17-9-6-5-7-10-17)13-21-19(20-11-8-12-26-4)22-14-18-24-23-16(2)25(18)3;/h5-7,9-10,15H,8,11-14H2,1-4H3,(H2,20,21,22);1H. The largest absolute Gasteiger partial charge is 0.385 e. The van der Waals surface area contributed by atoms with Gasteiger partial charge in [-0.15, -0.1) is 45.9 Å². The van der Waals surface area contributed by atoms with E-state index in [1.54, 1.807) is 7.11 Å². The molecule has 0 saturated carbocycles. The minimum absolute atomic E-state index is 0. The van der Waals surface area contributed by atoms with E-state index in [4.69, 9.17) is 4.74 Å². The molecule has 156 valence electrons. The van der Waals surface area contributed by atoms with Gasteiger partial charge >= 0.3 is 0 Å². The molecular weight excluding hydrogens is 487 g/mol. The second-order valence-corrected chi connectivity index (χ2v) is 7.79. The zero-order valence-corrected chi connectivity index (χ0v) is 20.2. The van der Waals surface area contributed by atoms with Gasteiger partial charge in [-0.1, -0.05) is 25.1 Å². The molecular formula is C19H31IN6OS. The van der Waals surface area contributed by atoms with E-state index in [0.29, 0.717) is 11.8 Å². The minimum Gasteiger partial charge on any atom is -0.385 e. The number of hydrogen-bond acceptors (Lipinski definition) is 5. The maximum Gasteiger partial charge on any atom is 0.191 e. The van der Waals surface area contributed by atoms with E-state index in [1.165, 1.54) is 4.90 Å². The highest BCUT2D eigenvalue weighted by Gasteiger charge is 2.08. The molecule has 0 bridgehead atoms. The van der Waals surface area contributed by atoms with Crippen molar-refractivity contribution in [3.63, 3.8) is 0 Å². The molecule has 1 atom stereocenters. The predicted molar refractivity (Wildman–Crippen MR) is 127 cm³/mol. The summed E-state index contributed by atoms with van der Waals surface area (Å²) in [6, 6.07) is 10.4. The van der Waals surface area contributed by atoms with Crippen LogP contribution in [0, 0.1) is 6.92 Å². The van der Waals surface area contributed by atoms with Crippen molar-refractivity contribution in [2.24, 2.45) is 12.0 Å². The van der Waals surface area contributed by atoms with Crippen LogP contribution in [0.25, 0.3) is 0 Å². The summed E-state index contributed by atoms with van der Waals surface area (Å²) in [6.07, 6.45) is 0.925. The number of thioether (sulfide) groups is 1. The lowest BCUT2D eigenvalue weighted by Gasteiger charge is -2.16. The number of rotatable bonds is 10. The van der Waals surface area contributed by atoms with Gasteiger partial charge in [0.2, 0.25) is 0 Å². The second kappa shape index (κ2) is 13.8. The lowest BCUT2D eigenvalue weighted by Crippen LogP contribution is -2.40. The summed E-state index contributed by atoms with van der Waals surface area (Å²) in [5.74, 6) is 2.51. The van der Waals surface area contributed by atoms with Crippen molar-refractivity contribution in [2.75, 3.05) is 26.8 Å². The summed E-state index contributed by atoms with van der Waals surface area (Å²) >= 11 is 1.85. The molecule has 2 rings (SSSR count). The minimum atomic E-state index is 0. The van der Waals surface area contributed by atoms with Crippen LogP contribution in [0.15, 0.2) is 40.2 Å². The summed E-state index contributed by atoms with van der Waals surface area (Å²) in [6.45, 7) is 6.97. The van der Waals surface area contributed by atoms with E-state index in [9.17, 15) is 0 Å². The molecule has 0 aliphatic rings. The summed E-state index contributed by atoms with van der Waals surface area (Å²) in [5.41, 5.74) is 0. The molecule has 0 fully saturated rings. The third kappa shape index (κ3) is 8.78. The number of hydrogen-bond donors (Lipinski definition) is 2. The Morgan fingerprint density at radius 2 is 2.00 bits per heavy atom. The molecule has 0 saturated heterocycles. The van der Waals surface area contributed by atoms with Crippen LogP contribution in [0.4, 0.5) is 0 Å². The average molecular weight is 518 g/mol.